The Balaban J connectivity index is 0.00000363. The molecule has 1 aliphatic heterocycles. The van der Waals surface area contributed by atoms with Gasteiger partial charge in [-0.05, 0) is 44.1 Å². The van der Waals surface area contributed by atoms with Crippen LogP contribution < -0.4 is 14.8 Å². The van der Waals surface area contributed by atoms with Gasteiger partial charge in [-0.3, -0.25) is 4.99 Å². The Morgan fingerprint density at radius 1 is 1.28 bits per heavy atom. The van der Waals surface area contributed by atoms with Crippen molar-refractivity contribution in [3.05, 3.63) is 42.5 Å². The topological polar surface area (TPSA) is 67.2 Å². The molecule has 2 aromatic rings. The van der Waals surface area contributed by atoms with Gasteiger partial charge in [0.25, 0.3) is 0 Å². The van der Waals surface area contributed by atoms with Crippen LogP contribution in [-0.4, -0.2) is 80.3 Å². The van der Waals surface area contributed by atoms with E-state index in [1.807, 2.05) is 31.7 Å². The van der Waals surface area contributed by atoms with E-state index in [1.54, 1.807) is 14.2 Å². The highest BCUT2D eigenvalue weighted by Crippen LogP contribution is 2.31. The number of nitrogens with zero attached hydrogens (tertiary/aromatic N) is 5. The van der Waals surface area contributed by atoms with Crippen LogP contribution in [0.1, 0.15) is 31.0 Å². The Bertz CT molecular complexity index is 858. The van der Waals surface area contributed by atoms with Gasteiger partial charge in [0.05, 0.1) is 32.6 Å². The zero-order chi connectivity index (χ0) is 22.4. The van der Waals surface area contributed by atoms with E-state index in [-0.39, 0.29) is 30.0 Å². The number of imidazole rings is 1. The van der Waals surface area contributed by atoms with Gasteiger partial charge in [-0.15, -0.1) is 24.0 Å². The summed E-state index contributed by atoms with van der Waals surface area (Å²) in [7, 11) is 9.35. The van der Waals surface area contributed by atoms with Crippen molar-refractivity contribution in [1.29, 1.82) is 0 Å². The Kier molecular flexibility index (Phi) is 10.1. The van der Waals surface area contributed by atoms with Gasteiger partial charge < -0.3 is 29.2 Å². The number of aliphatic imine (C=N–C) groups is 1. The minimum absolute atomic E-state index is 0. The molecular formula is C23H37IN6O2. The number of piperidine rings is 1. The number of ether oxygens (including phenoxy) is 2. The molecule has 3 unspecified atom stereocenters. The van der Waals surface area contributed by atoms with Gasteiger partial charge >= 0.3 is 0 Å². The molecule has 1 aromatic carbocycles. The van der Waals surface area contributed by atoms with Crippen LogP contribution in [0.25, 0.3) is 0 Å². The number of aromatic nitrogens is 2. The van der Waals surface area contributed by atoms with Gasteiger partial charge in [0.2, 0.25) is 0 Å². The molecule has 0 saturated carbocycles. The van der Waals surface area contributed by atoms with E-state index in [2.05, 4.69) is 62.9 Å². The summed E-state index contributed by atoms with van der Waals surface area (Å²) in [5, 5.41) is 3.60. The van der Waals surface area contributed by atoms with Gasteiger partial charge in [-0.1, -0.05) is 13.0 Å². The van der Waals surface area contributed by atoms with Crippen molar-refractivity contribution in [2.45, 2.75) is 25.4 Å². The highest BCUT2D eigenvalue weighted by molar-refractivity contribution is 14.0. The number of hydrogen-bond donors (Lipinski definition) is 1. The standard InChI is InChI=1S/C23H36N6O2.HI/c1-17-9-11-28(15-20(17)29-12-10-25-16-29)23(24-2)26-14-19(27(3)4)18-7-8-21(30-5)22(13-18)31-6;/h7-8,10,12-13,16-17,19-20H,9,11,14-15H2,1-6H3,(H,24,26);1H. The fourth-order valence-corrected chi connectivity index (χ4v) is 4.27. The number of likely N-dealkylation sites (N-methyl/N-ethyl adjacent to an activating group) is 1. The fraction of sp³-hybridized carbons (Fsp3) is 0.565. The van der Waals surface area contributed by atoms with Crippen molar-refractivity contribution in [3.8, 4) is 11.5 Å². The molecule has 9 heteroatoms. The van der Waals surface area contributed by atoms with Crippen molar-refractivity contribution in [3.63, 3.8) is 0 Å². The van der Waals surface area contributed by atoms with Gasteiger partial charge in [0.1, 0.15) is 0 Å². The third kappa shape index (κ3) is 6.06. The fourth-order valence-electron chi connectivity index (χ4n) is 4.27. The number of methoxy groups -OCH3 is 2. The van der Waals surface area contributed by atoms with E-state index >= 15 is 0 Å². The largest absolute Gasteiger partial charge is 0.493 e. The first-order valence-corrected chi connectivity index (χ1v) is 10.8. The average molecular weight is 556 g/mol. The first-order valence-electron chi connectivity index (χ1n) is 10.8. The number of likely N-dealkylation sites (tertiary alicyclic amines) is 1. The number of benzene rings is 1. The smallest absolute Gasteiger partial charge is 0.193 e. The first-order chi connectivity index (χ1) is 15.0. The first kappa shape index (κ1) is 26.2. The lowest BCUT2D eigenvalue weighted by atomic mass is 9.93. The number of halogens is 1. The molecule has 1 fully saturated rings. The van der Waals surface area contributed by atoms with Crippen LogP contribution in [0.3, 0.4) is 0 Å². The minimum Gasteiger partial charge on any atom is -0.493 e. The lowest BCUT2D eigenvalue weighted by Crippen LogP contribution is -2.50. The maximum Gasteiger partial charge on any atom is 0.193 e. The van der Waals surface area contributed by atoms with Crippen molar-refractivity contribution < 1.29 is 9.47 Å². The summed E-state index contributed by atoms with van der Waals surface area (Å²) in [6.45, 7) is 4.96. The second-order valence-corrected chi connectivity index (χ2v) is 8.31. The SMILES string of the molecule is CN=C(NCC(c1ccc(OC)c(OC)c1)N(C)C)N1CCC(C)C(n2ccnc2)C1.I. The molecule has 32 heavy (non-hydrogen) atoms. The van der Waals surface area contributed by atoms with Crippen LogP contribution in [0.5, 0.6) is 11.5 Å². The maximum absolute atomic E-state index is 5.50. The van der Waals surface area contributed by atoms with Crippen LogP contribution in [0.15, 0.2) is 41.9 Å². The predicted octanol–water partition coefficient (Wildman–Crippen LogP) is 3.28. The van der Waals surface area contributed by atoms with E-state index in [9.17, 15) is 0 Å². The van der Waals surface area contributed by atoms with Crippen LogP contribution in [0, 0.1) is 5.92 Å². The summed E-state index contributed by atoms with van der Waals surface area (Å²) in [6, 6.07) is 6.65. The molecule has 0 amide bonds. The molecule has 0 aliphatic carbocycles. The minimum atomic E-state index is 0. The summed E-state index contributed by atoms with van der Waals surface area (Å²) >= 11 is 0. The molecule has 8 nitrogen and oxygen atoms in total. The van der Waals surface area contributed by atoms with E-state index in [0.717, 1.165) is 49.1 Å². The predicted molar refractivity (Wildman–Crippen MR) is 139 cm³/mol. The summed E-state index contributed by atoms with van der Waals surface area (Å²) in [4.78, 5) is 13.4. The highest BCUT2D eigenvalue weighted by Gasteiger charge is 2.29. The molecule has 1 N–H and O–H groups in total. The Hall–Kier alpha value is -2.01. The van der Waals surface area contributed by atoms with Crippen molar-refractivity contribution in [2.24, 2.45) is 10.9 Å². The highest BCUT2D eigenvalue weighted by atomic mass is 127. The van der Waals surface area contributed by atoms with Gasteiger partial charge in [0, 0.05) is 39.1 Å². The second kappa shape index (κ2) is 12.3. The molecule has 0 bridgehead atoms. The normalized spacial score (nSPS) is 20.0. The Labute approximate surface area is 209 Å². The van der Waals surface area contributed by atoms with Crippen LogP contribution in [-0.2, 0) is 0 Å². The molecule has 3 atom stereocenters. The van der Waals surface area contributed by atoms with E-state index in [1.165, 1.54) is 0 Å². The van der Waals surface area contributed by atoms with Crippen molar-refractivity contribution >= 4 is 29.9 Å². The van der Waals surface area contributed by atoms with Crippen molar-refractivity contribution in [2.75, 3.05) is 55.0 Å². The molecule has 0 radical (unpaired) electrons. The lowest BCUT2D eigenvalue weighted by Gasteiger charge is -2.39. The zero-order valence-electron chi connectivity index (χ0n) is 20.0. The van der Waals surface area contributed by atoms with E-state index in [0.29, 0.717) is 12.0 Å². The van der Waals surface area contributed by atoms with Gasteiger partial charge in [-0.2, -0.15) is 0 Å². The Morgan fingerprint density at radius 3 is 2.62 bits per heavy atom. The molecule has 1 aliphatic rings. The molecule has 1 aromatic heterocycles. The molecular weight excluding hydrogens is 519 g/mol. The molecule has 1 saturated heterocycles. The third-order valence-electron chi connectivity index (χ3n) is 6.21. The summed E-state index contributed by atoms with van der Waals surface area (Å²) in [6.07, 6.45) is 6.94. The summed E-state index contributed by atoms with van der Waals surface area (Å²) in [5.41, 5.74) is 1.16. The number of nitrogens with one attached hydrogen (secondary N) is 1. The van der Waals surface area contributed by atoms with Crippen molar-refractivity contribution in [1.82, 2.24) is 24.7 Å². The van der Waals surface area contributed by atoms with Gasteiger partial charge in [-0.25, -0.2) is 4.98 Å². The van der Waals surface area contributed by atoms with E-state index < -0.39 is 0 Å². The second-order valence-electron chi connectivity index (χ2n) is 8.31. The third-order valence-corrected chi connectivity index (χ3v) is 6.21. The maximum atomic E-state index is 5.50. The lowest BCUT2D eigenvalue weighted by molar-refractivity contribution is 0.187. The number of hydrogen-bond acceptors (Lipinski definition) is 5. The summed E-state index contributed by atoms with van der Waals surface area (Å²) in [5.74, 6) is 3.01. The van der Waals surface area contributed by atoms with E-state index in [4.69, 9.17) is 9.47 Å². The number of rotatable bonds is 7. The molecule has 3 rings (SSSR count). The Morgan fingerprint density at radius 2 is 2.03 bits per heavy atom. The number of guanidine groups is 1. The molecule has 0 spiro atoms. The van der Waals surface area contributed by atoms with Gasteiger partial charge in [0.15, 0.2) is 17.5 Å². The molecule has 178 valence electrons. The van der Waals surface area contributed by atoms with Crippen LogP contribution >= 0.6 is 24.0 Å². The zero-order valence-corrected chi connectivity index (χ0v) is 22.3. The quantitative estimate of drug-likeness (QED) is 0.321. The molecule has 2 heterocycles. The average Bonchev–Trinajstić information content (AvgIpc) is 3.31. The van der Waals surface area contributed by atoms with Crippen LogP contribution in [0.2, 0.25) is 0 Å². The van der Waals surface area contributed by atoms with Crippen LogP contribution in [0.4, 0.5) is 0 Å². The monoisotopic (exact) mass is 556 g/mol. The summed E-state index contributed by atoms with van der Waals surface area (Å²) < 4.78 is 13.1.